The lowest BCUT2D eigenvalue weighted by Gasteiger charge is -2.09. The maximum atomic E-state index is 5.70. The first-order chi connectivity index (χ1) is 9.24. The average Bonchev–Trinajstić information content (AvgIpc) is 2.40. The number of aromatic nitrogens is 2. The van der Waals surface area contributed by atoms with Gasteiger partial charge in [0.2, 0.25) is 0 Å². The quantitative estimate of drug-likeness (QED) is 0.740. The first-order valence-electron chi connectivity index (χ1n) is 6.37. The van der Waals surface area contributed by atoms with Gasteiger partial charge in [0.25, 0.3) is 0 Å². The minimum absolute atomic E-state index is 0.191. The molecule has 0 bridgehead atoms. The highest BCUT2D eigenvalue weighted by Gasteiger charge is 2.00. The maximum absolute atomic E-state index is 5.70. The van der Waals surface area contributed by atoms with Crippen LogP contribution in [0.2, 0.25) is 0 Å². The molecule has 0 aliphatic rings. The summed E-state index contributed by atoms with van der Waals surface area (Å²) < 4.78 is 0. The van der Waals surface area contributed by atoms with Crippen molar-refractivity contribution in [1.82, 2.24) is 9.97 Å². The van der Waals surface area contributed by atoms with Crippen LogP contribution in [0.15, 0.2) is 42.7 Å². The van der Waals surface area contributed by atoms with Crippen molar-refractivity contribution in [3.05, 3.63) is 42.7 Å². The van der Waals surface area contributed by atoms with Crippen LogP contribution in [0.1, 0.15) is 13.3 Å². The minimum atomic E-state index is 0.191. The molecule has 0 aliphatic heterocycles. The summed E-state index contributed by atoms with van der Waals surface area (Å²) in [4.78, 5) is 8.37. The van der Waals surface area contributed by atoms with Crippen LogP contribution >= 0.6 is 0 Å². The molecule has 100 valence electrons. The van der Waals surface area contributed by atoms with Crippen LogP contribution in [-0.4, -0.2) is 22.6 Å². The zero-order chi connectivity index (χ0) is 13.5. The molecule has 5 heteroatoms. The largest absolute Gasteiger partial charge is 0.370 e. The molecule has 1 heterocycles. The molecular weight excluding hydrogens is 238 g/mol. The first kappa shape index (κ1) is 13.3. The summed E-state index contributed by atoms with van der Waals surface area (Å²) in [5, 5.41) is 6.46. The third-order valence-corrected chi connectivity index (χ3v) is 2.62. The van der Waals surface area contributed by atoms with E-state index >= 15 is 0 Å². The number of nitrogens with one attached hydrogen (secondary N) is 2. The molecule has 1 atom stereocenters. The number of anilines is 3. The van der Waals surface area contributed by atoms with E-state index in [1.54, 1.807) is 6.33 Å². The van der Waals surface area contributed by atoms with E-state index in [0.29, 0.717) is 0 Å². The van der Waals surface area contributed by atoms with Gasteiger partial charge in [-0.3, -0.25) is 0 Å². The standard InChI is InChI=1S/C14H19N5/c1-11(15)7-8-16-13-9-14(18-10-17-13)19-12-5-3-2-4-6-12/h2-6,9-11H,7-8,15H2,1H3,(H2,16,17,18,19). The van der Waals surface area contributed by atoms with E-state index in [1.165, 1.54) is 0 Å². The Morgan fingerprint density at radius 3 is 2.63 bits per heavy atom. The van der Waals surface area contributed by atoms with Crippen molar-refractivity contribution >= 4 is 17.3 Å². The van der Waals surface area contributed by atoms with Crippen LogP contribution in [0.25, 0.3) is 0 Å². The van der Waals surface area contributed by atoms with Gasteiger partial charge in [-0.2, -0.15) is 0 Å². The molecule has 0 fully saturated rings. The van der Waals surface area contributed by atoms with E-state index in [-0.39, 0.29) is 6.04 Å². The Bertz CT molecular complexity index is 498. The van der Waals surface area contributed by atoms with Crippen molar-refractivity contribution in [3.63, 3.8) is 0 Å². The van der Waals surface area contributed by atoms with Gasteiger partial charge in [0, 0.05) is 24.3 Å². The van der Waals surface area contributed by atoms with Crippen LogP contribution in [0.4, 0.5) is 17.3 Å². The monoisotopic (exact) mass is 257 g/mol. The number of para-hydroxylation sites is 1. The van der Waals surface area contributed by atoms with E-state index < -0.39 is 0 Å². The molecule has 1 aromatic heterocycles. The molecule has 2 aromatic rings. The Balaban J connectivity index is 1.95. The summed E-state index contributed by atoms with van der Waals surface area (Å²) in [7, 11) is 0. The van der Waals surface area contributed by atoms with Gasteiger partial charge in [-0.25, -0.2) is 9.97 Å². The third-order valence-electron chi connectivity index (χ3n) is 2.62. The molecule has 19 heavy (non-hydrogen) atoms. The zero-order valence-electron chi connectivity index (χ0n) is 11.0. The van der Waals surface area contributed by atoms with Crippen LogP contribution in [-0.2, 0) is 0 Å². The smallest absolute Gasteiger partial charge is 0.135 e. The van der Waals surface area contributed by atoms with Crippen molar-refractivity contribution in [3.8, 4) is 0 Å². The van der Waals surface area contributed by atoms with Crippen molar-refractivity contribution < 1.29 is 0 Å². The first-order valence-corrected chi connectivity index (χ1v) is 6.37. The Hall–Kier alpha value is -2.14. The van der Waals surface area contributed by atoms with Gasteiger partial charge in [0.05, 0.1) is 0 Å². The number of rotatable bonds is 6. The molecule has 1 aromatic carbocycles. The second-order valence-corrected chi connectivity index (χ2v) is 4.47. The van der Waals surface area contributed by atoms with Gasteiger partial charge in [-0.15, -0.1) is 0 Å². The second-order valence-electron chi connectivity index (χ2n) is 4.47. The molecule has 0 saturated heterocycles. The summed E-state index contributed by atoms with van der Waals surface area (Å²) in [6.07, 6.45) is 2.45. The number of benzene rings is 1. The van der Waals surface area contributed by atoms with E-state index in [1.807, 2.05) is 43.3 Å². The molecule has 5 nitrogen and oxygen atoms in total. The lowest BCUT2D eigenvalue weighted by Crippen LogP contribution is -2.19. The fourth-order valence-electron chi connectivity index (χ4n) is 1.62. The van der Waals surface area contributed by atoms with Gasteiger partial charge in [-0.1, -0.05) is 18.2 Å². The van der Waals surface area contributed by atoms with Crippen molar-refractivity contribution in [2.45, 2.75) is 19.4 Å². The summed E-state index contributed by atoms with van der Waals surface area (Å²) in [6, 6.07) is 12.0. The minimum Gasteiger partial charge on any atom is -0.370 e. The molecule has 4 N–H and O–H groups in total. The van der Waals surface area contributed by atoms with Crippen LogP contribution < -0.4 is 16.4 Å². The molecule has 1 unspecified atom stereocenters. The summed E-state index contributed by atoms with van der Waals surface area (Å²) >= 11 is 0. The Morgan fingerprint density at radius 2 is 1.89 bits per heavy atom. The fraction of sp³-hybridized carbons (Fsp3) is 0.286. The van der Waals surface area contributed by atoms with E-state index in [2.05, 4.69) is 20.6 Å². The maximum Gasteiger partial charge on any atom is 0.135 e. The predicted molar refractivity (Wildman–Crippen MR) is 78.5 cm³/mol. The van der Waals surface area contributed by atoms with Gasteiger partial charge >= 0.3 is 0 Å². The Kier molecular flexibility index (Phi) is 4.69. The van der Waals surface area contributed by atoms with Gasteiger partial charge < -0.3 is 16.4 Å². The number of hydrogen-bond donors (Lipinski definition) is 3. The molecule has 0 amide bonds. The SMILES string of the molecule is CC(N)CCNc1cc(Nc2ccccc2)ncn1. The highest BCUT2D eigenvalue weighted by atomic mass is 15.1. The molecule has 0 saturated carbocycles. The predicted octanol–water partition coefficient (Wildman–Crippen LogP) is 2.37. The lowest BCUT2D eigenvalue weighted by molar-refractivity contribution is 0.689. The van der Waals surface area contributed by atoms with Crippen LogP contribution in [0, 0.1) is 0 Å². The molecule has 0 aliphatic carbocycles. The second kappa shape index (κ2) is 6.70. The Labute approximate surface area is 113 Å². The topological polar surface area (TPSA) is 75.9 Å². The summed E-state index contributed by atoms with van der Waals surface area (Å²) in [6.45, 7) is 2.80. The highest BCUT2D eigenvalue weighted by Crippen LogP contribution is 2.15. The zero-order valence-corrected chi connectivity index (χ0v) is 11.0. The van der Waals surface area contributed by atoms with E-state index in [4.69, 9.17) is 5.73 Å². The molecular formula is C14H19N5. The molecule has 2 rings (SSSR count). The fourth-order valence-corrected chi connectivity index (χ4v) is 1.62. The summed E-state index contributed by atoms with van der Waals surface area (Å²) in [5.74, 6) is 1.57. The van der Waals surface area contributed by atoms with Crippen molar-refractivity contribution in [2.24, 2.45) is 5.73 Å². The molecule has 0 radical (unpaired) electrons. The van der Waals surface area contributed by atoms with E-state index in [0.717, 1.165) is 30.3 Å². The highest BCUT2D eigenvalue weighted by molar-refractivity contribution is 5.58. The van der Waals surface area contributed by atoms with E-state index in [9.17, 15) is 0 Å². The normalized spacial score (nSPS) is 11.9. The number of hydrogen-bond acceptors (Lipinski definition) is 5. The van der Waals surface area contributed by atoms with Gasteiger partial charge in [0.1, 0.15) is 18.0 Å². The summed E-state index contributed by atoms with van der Waals surface area (Å²) in [5.41, 5.74) is 6.71. The van der Waals surface area contributed by atoms with Crippen molar-refractivity contribution in [2.75, 3.05) is 17.2 Å². The van der Waals surface area contributed by atoms with Crippen LogP contribution in [0.3, 0.4) is 0 Å². The number of nitrogens with zero attached hydrogens (tertiary/aromatic N) is 2. The van der Waals surface area contributed by atoms with Crippen molar-refractivity contribution in [1.29, 1.82) is 0 Å². The average molecular weight is 257 g/mol. The third kappa shape index (κ3) is 4.56. The van der Waals surface area contributed by atoms with Crippen LogP contribution in [0.5, 0.6) is 0 Å². The van der Waals surface area contributed by atoms with Gasteiger partial charge in [-0.05, 0) is 25.5 Å². The van der Waals surface area contributed by atoms with Gasteiger partial charge in [0.15, 0.2) is 0 Å². The Morgan fingerprint density at radius 1 is 1.16 bits per heavy atom. The molecule has 0 spiro atoms. The lowest BCUT2D eigenvalue weighted by atomic mass is 10.2. The number of nitrogens with two attached hydrogens (primary N) is 1.